The molecule has 6 nitrogen and oxygen atoms in total. The zero-order chi connectivity index (χ0) is 31.3. The third kappa shape index (κ3) is 6.06. The monoisotopic (exact) mass is 598 g/mol. The first-order valence-electron chi connectivity index (χ1n) is 16.5. The lowest BCUT2D eigenvalue weighted by molar-refractivity contribution is -0.142. The molecular formula is C38H50N2O4. The number of allylic oxidation sites excluding steroid dienone is 8. The molecule has 6 heteroatoms. The lowest BCUT2D eigenvalue weighted by Gasteiger charge is -2.44. The summed E-state index contributed by atoms with van der Waals surface area (Å²) in [6, 6.07) is 2.40. The molecule has 236 valence electrons. The summed E-state index contributed by atoms with van der Waals surface area (Å²) in [5, 5.41) is 0. The number of hydrogen-bond acceptors (Lipinski definition) is 5. The predicted octanol–water partition coefficient (Wildman–Crippen LogP) is 8.53. The summed E-state index contributed by atoms with van der Waals surface area (Å²) >= 11 is 0. The van der Waals surface area contributed by atoms with Crippen molar-refractivity contribution < 1.29 is 19.1 Å². The van der Waals surface area contributed by atoms with Gasteiger partial charge in [0.2, 0.25) is 0 Å². The highest BCUT2D eigenvalue weighted by Gasteiger charge is 2.50. The minimum Gasteiger partial charge on any atom is -0.469 e. The molecule has 0 radical (unpaired) electrons. The largest absolute Gasteiger partial charge is 0.469 e. The van der Waals surface area contributed by atoms with Crippen molar-refractivity contribution in [1.82, 2.24) is 9.88 Å². The van der Waals surface area contributed by atoms with E-state index in [0.29, 0.717) is 24.7 Å². The van der Waals surface area contributed by atoms with Gasteiger partial charge in [0, 0.05) is 41.9 Å². The van der Waals surface area contributed by atoms with Crippen LogP contribution in [0.1, 0.15) is 108 Å². The fourth-order valence-corrected chi connectivity index (χ4v) is 8.96. The summed E-state index contributed by atoms with van der Waals surface area (Å²) in [6.45, 7) is 8.21. The van der Waals surface area contributed by atoms with Crippen LogP contribution >= 0.6 is 0 Å². The molecule has 0 spiro atoms. The first-order valence-corrected chi connectivity index (χ1v) is 16.5. The van der Waals surface area contributed by atoms with Crippen LogP contribution in [0.25, 0.3) is 0 Å². The Labute approximate surface area is 263 Å². The average molecular weight is 599 g/mol. The van der Waals surface area contributed by atoms with E-state index in [-0.39, 0.29) is 28.9 Å². The molecule has 1 fully saturated rings. The highest BCUT2D eigenvalue weighted by Crippen LogP contribution is 2.58. The number of H-pyrrole nitrogens is 1. The van der Waals surface area contributed by atoms with Crippen LogP contribution in [0.3, 0.4) is 0 Å². The maximum Gasteiger partial charge on any atom is 0.305 e. The summed E-state index contributed by atoms with van der Waals surface area (Å²) in [7, 11) is 2.97. The summed E-state index contributed by atoms with van der Waals surface area (Å²) in [4.78, 5) is 30.7. The highest BCUT2D eigenvalue weighted by molar-refractivity contribution is 5.70. The standard InChI is InChI=1S/C38H50N2O4/c1-6-8-23-40-27(3)36-33(19-22-39-36)38(40,21-18-35(42)44-5)25-29-15-13-28(14-16-29)24-37(20-17-34(41)43-4)26-30(10-7-2)31-11-9-12-32(31)37/h6-7,9-10,12,19,22-23,27-29,39H,2,11,13-18,20-21,24-26H2,1,3-5H3/b30-10+. The molecule has 1 N–H and O–H groups in total. The SMILES string of the molecule is C=C/C=C1\CC(CCC(=O)OC)(CC2CCC(CC3(CCC(=O)OC)c4cc[nH]c4C(C)N3C=C=CC)CC2)C2=C1CC=C2. The Morgan fingerprint density at radius 1 is 1.09 bits per heavy atom. The molecule has 3 atom stereocenters. The molecule has 1 aromatic rings. The Hall–Kier alpha value is -3.50. The normalized spacial score (nSPS) is 29.8. The van der Waals surface area contributed by atoms with E-state index in [1.165, 1.54) is 67.9 Å². The average Bonchev–Trinajstić information content (AvgIpc) is 3.81. The smallest absolute Gasteiger partial charge is 0.305 e. The predicted molar refractivity (Wildman–Crippen MR) is 174 cm³/mol. The lowest BCUT2D eigenvalue weighted by atomic mass is 9.65. The summed E-state index contributed by atoms with van der Waals surface area (Å²) in [5.74, 6) is 0.894. The molecule has 1 aliphatic heterocycles. The van der Waals surface area contributed by atoms with Gasteiger partial charge < -0.3 is 19.4 Å². The molecule has 1 aromatic heterocycles. The molecule has 3 unspecified atom stereocenters. The molecule has 2 heterocycles. The fraction of sp³-hybridized carbons (Fsp3) is 0.553. The van der Waals surface area contributed by atoms with E-state index in [1.807, 2.05) is 25.3 Å². The molecule has 44 heavy (non-hydrogen) atoms. The highest BCUT2D eigenvalue weighted by atomic mass is 16.5. The van der Waals surface area contributed by atoms with Crippen LogP contribution in [-0.4, -0.2) is 36.0 Å². The van der Waals surface area contributed by atoms with Crippen molar-refractivity contribution in [3.8, 4) is 0 Å². The third-order valence-electron chi connectivity index (χ3n) is 11.0. The van der Waals surface area contributed by atoms with E-state index in [4.69, 9.17) is 9.47 Å². The van der Waals surface area contributed by atoms with Gasteiger partial charge in [-0.15, -0.1) is 5.73 Å². The van der Waals surface area contributed by atoms with Crippen LogP contribution in [0.2, 0.25) is 0 Å². The Balaban J connectivity index is 1.35. The van der Waals surface area contributed by atoms with Crippen molar-refractivity contribution in [3.05, 3.63) is 89.1 Å². The van der Waals surface area contributed by atoms with Gasteiger partial charge in [-0.2, -0.15) is 0 Å². The number of ether oxygens (including phenoxy) is 2. The van der Waals surface area contributed by atoms with Crippen molar-refractivity contribution in [3.63, 3.8) is 0 Å². The van der Waals surface area contributed by atoms with Crippen molar-refractivity contribution in [1.29, 1.82) is 0 Å². The number of nitrogens with zero attached hydrogens (tertiary/aromatic N) is 1. The van der Waals surface area contributed by atoms with E-state index in [1.54, 1.807) is 0 Å². The molecule has 1 saturated carbocycles. The first kappa shape index (κ1) is 31.9. The summed E-state index contributed by atoms with van der Waals surface area (Å²) in [6.07, 6.45) is 26.0. The first-order chi connectivity index (χ1) is 21.3. The zero-order valence-electron chi connectivity index (χ0n) is 27.1. The van der Waals surface area contributed by atoms with E-state index in [0.717, 1.165) is 38.5 Å². The van der Waals surface area contributed by atoms with Crippen LogP contribution in [-0.2, 0) is 24.6 Å². The molecule has 5 rings (SSSR count). The molecule has 0 aromatic carbocycles. The van der Waals surface area contributed by atoms with E-state index in [9.17, 15) is 9.59 Å². The Morgan fingerprint density at radius 3 is 2.43 bits per heavy atom. The van der Waals surface area contributed by atoms with Gasteiger partial charge in [-0.25, -0.2) is 0 Å². The lowest BCUT2D eigenvalue weighted by Crippen LogP contribution is -2.41. The van der Waals surface area contributed by atoms with Crippen molar-refractivity contribution >= 4 is 11.9 Å². The van der Waals surface area contributed by atoms with Gasteiger partial charge >= 0.3 is 11.9 Å². The quantitative estimate of drug-likeness (QED) is 0.193. The van der Waals surface area contributed by atoms with E-state index < -0.39 is 0 Å². The van der Waals surface area contributed by atoms with E-state index in [2.05, 4.69) is 59.6 Å². The van der Waals surface area contributed by atoms with Crippen LogP contribution in [0.5, 0.6) is 0 Å². The van der Waals surface area contributed by atoms with Crippen molar-refractivity contribution in [2.24, 2.45) is 17.3 Å². The maximum atomic E-state index is 12.4. The summed E-state index contributed by atoms with van der Waals surface area (Å²) < 4.78 is 10.2. The number of carbonyl (C=O) groups is 2. The number of aromatic nitrogens is 1. The number of hydrogen-bond donors (Lipinski definition) is 1. The minimum absolute atomic E-state index is 0.0143. The van der Waals surface area contributed by atoms with Gasteiger partial charge in [-0.1, -0.05) is 56.6 Å². The van der Waals surface area contributed by atoms with Crippen LogP contribution in [0.4, 0.5) is 0 Å². The van der Waals surface area contributed by atoms with Gasteiger partial charge in [0.25, 0.3) is 0 Å². The number of esters is 2. The fourth-order valence-electron chi connectivity index (χ4n) is 8.96. The zero-order valence-corrected chi connectivity index (χ0v) is 27.1. The van der Waals surface area contributed by atoms with Crippen LogP contribution in [0, 0.1) is 17.3 Å². The second-order valence-corrected chi connectivity index (χ2v) is 13.3. The van der Waals surface area contributed by atoms with Gasteiger partial charge in [-0.05, 0) is 93.1 Å². The number of aromatic amines is 1. The second kappa shape index (κ2) is 13.6. The molecule has 0 saturated heterocycles. The number of fused-ring (bicyclic) bond motifs is 1. The van der Waals surface area contributed by atoms with Gasteiger partial charge in [0.15, 0.2) is 0 Å². The topological polar surface area (TPSA) is 71.6 Å². The second-order valence-electron chi connectivity index (χ2n) is 13.3. The number of rotatable bonds is 12. The van der Waals surface area contributed by atoms with Gasteiger partial charge in [0.1, 0.15) is 0 Å². The molecule has 0 bridgehead atoms. The van der Waals surface area contributed by atoms with Gasteiger partial charge in [0.05, 0.1) is 25.8 Å². The van der Waals surface area contributed by atoms with Crippen molar-refractivity contribution in [2.45, 2.75) is 102 Å². The van der Waals surface area contributed by atoms with Crippen molar-refractivity contribution in [2.75, 3.05) is 14.2 Å². The Bertz CT molecular complexity index is 1400. The van der Waals surface area contributed by atoms with E-state index >= 15 is 0 Å². The molecule has 4 aliphatic rings. The molecule has 3 aliphatic carbocycles. The van der Waals surface area contributed by atoms with Gasteiger partial charge in [-0.3, -0.25) is 9.59 Å². The van der Waals surface area contributed by atoms with Crippen LogP contribution < -0.4 is 0 Å². The summed E-state index contributed by atoms with van der Waals surface area (Å²) in [5.41, 5.74) is 9.88. The number of nitrogens with one attached hydrogen (secondary N) is 1. The number of methoxy groups -OCH3 is 2. The molecule has 0 amide bonds. The van der Waals surface area contributed by atoms with Crippen LogP contribution in [0.15, 0.2) is 77.9 Å². The minimum atomic E-state index is -0.275. The Morgan fingerprint density at radius 2 is 1.77 bits per heavy atom. The third-order valence-corrected chi connectivity index (χ3v) is 11.0. The Kier molecular flexibility index (Phi) is 9.90. The number of carbonyl (C=O) groups excluding carboxylic acids is 2. The molecular weight excluding hydrogens is 548 g/mol. The maximum absolute atomic E-state index is 12.4.